The first kappa shape index (κ1) is 17.3. The summed E-state index contributed by atoms with van der Waals surface area (Å²) in [6.45, 7) is 1.96. The Morgan fingerprint density at radius 1 is 1.50 bits per heavy atom. The maximum absolute atomic E-state index is 12.5. The highest BCUT2D eigenvalue weighted by atomic mass is 79.9. The molecule has 1 aliphatic rings. The summed E-state index contributed by atoms with van der Waals surface area (Å²) in [7, 11) is 0. The number of hydrogen-bond acceptors (Lipinski definition) is 3. The third kappa shape index (κ3) is 4.04. The Bertz CT molecular complexity index is 558. The van der Waals surface area contributed by atoms with Gasteiger partial charge in [-0.3, -0.25) is 4.79 Å². The Morgan fingerprint density at radius 2 is 2.27 bits per heavy atom. The number of aliphatic carboxylic acids is 1. The number of amides is 1. The van der Waals surface area contributed by atoms with Gasteiger partial charge in [0.15, 0.2) is 0 Å². The van der Waals surface area contributed by atoms with Crippen LogP contribution in [0.25, 0.3) is 0 Å². The van der Waals surface area contributed by atoms with E-state index in [1.165, 1.54) is 0 Å². The second kappa shape index (κ2) is 7.51. The standard InChI is InChI=1S/C16H20BrNO3S/c1-2-12(8-11-4-3-5-13(17)9-11)14(19)18-16(15(20)21)6-7-22-10-16/h3-5,9,12H,2,6-8,10H2,1H3,(H,18,19)(H,20,21). The fourth-order valence-electron chi connectivity index (χ4n) is 2.59. The third-order valence-corrected chi connectivity index (χ3v) is 5.71. The van der Waals surface area contributed by atoms with Crippen LogP contribution in [-0.4, -0.2) is 34.0 Å². The molecule has 0 aromatic heterocycles. The SMILES string of the molecule is CCC(Cc1cccc(Br)c1)C(=O)NC1(C(=O)O)CCSC1. The molecule has 1 amide bonds. The van der Waals surface area contributed by atoms with Crippen molar-refractivity contribution in [3.8, 4) is 0 Å². The van der Waals surface area contributed by atoms with Crippen molar-refractivity contribution in [1.29, 1.82) is 0 Å². The van der Waals surface area contributed by atoms with E-state index >= 15 is 0 Å². The summed E-state index contributed by atoms with van der Waals surface area (Å²) in [5.74, 6) is -0.0807. The Morgan fingerprint density at radius 3 is 2.82 bits per heavy atom. The van der Waals surface area contributed by atoms with Gasteiger partial charge >= 0.3 is 5.97 Å². The van der Waals surface area contributed by atoms with Crippen LogP contribution >= 0.6 is 27.7 Å². The lowest BCUT2D eigenvalue weighted by molar-refractivity contribution is -0.147. The molecule has 2 rings (SSSR count). The zero-order chi connectivity index (χ0) is 16.2. The number of rotatable bonds is 6. The van der Waals surface area contributed by atoms with Crippen LogP contribution in [0.5, 0.6) is 0 Å². The molecule has 120 valence electrons. The van der Waals surface area contributed by atoms with Crippen molar-refractivity contribution in [2.45, 2.75) is 31.7 Å². The molecular formula is C16H20BrNO3S. The lowest BCUT2D eigenvalue weighted by Gasteiger charge is -2.27. The van der Waals surface area contributed by atoms with Crippen LogP contribution in [0.1, 0.15) is 25.3 Å². The largest absolute Gasteiger partial charge is 0.479 e. The zero-order valence-corrected chi connectivity index (χ0v) is 14.9. The van der Waals surface area contributed by atoms with Crippen LogP contribution in [0, 0.1) is 5.92 Å². The van der Waals surface area contributed by atoms with Crippen molar-refractivity contribution in [2.24, 2.45) is 5.92 Å². The van der Waals surface area contributed by atoms with Crippen molar-refractivity contribution in [3.63, 3.8) is 0 Å². The summed E-state index contributed by atoms with van der Waals surface area (Å²) in [6.07, 6.45) is 1.79. The molecule has 1 heterocycles. The number of halogens is 1. The minimum atomic E-state index is -1.09. The van der Waals surface area contributed by atoms with E-state index in [9.17, 15) is 14.7 Å². The number of carboxylic acid groups (broad SMARTS) is 1. The van der Waals surface area contributed by atoms with Gasteiger partial charge in [-0.25, -0.2) is 4.79 Å². The number of hydrogen-bond donors (Lipinski definition) is 2. The Labute approximate surface area is 143 Å². The number of thioether (sulfide) groups is 1. The molecule has 0 spiro atoms. The van der Waals surface area contributed by atoms with Crippen molar-refractivity contribution >= 4 is 39.6 Å². The smallest absolute Gasteiger partial charge is 0.330 e. The van der Waals surface area contributed by atoms with Crippen LogP contribution in [-0.2, 0) is 16.0 Å². The molecule has 0 aliphatic carbocycles. The van der Waals surface area contributed by atoms with E-state index in [2.05, 4.69) is 21.2 Å². The van der Waals surface area contributed by atoms with Crippen LogP contribution in [0.3, 0.4) is 0 Å². The van der Waals surface area contributed by atoms with Crippen LogP contribution in [0.4, 0.5) is 0 Å². The first-order chi connectivity index (χ1) is 10.5. The van der Waals surface area contributed by atoms with Gasteiger partial charge in [-0.15, -0.1) is 0 Å². The Hall–Kier alpha value is -1.01. The van der Waals surface area contributed by atoms with Gasteiger partial charge in [-0.05, 0) is 42.7 Å². The first-order valence-electron chi connectivity index (χ1n) is 7.34. The molecule has 1 aliphatic heterocycles. The topological polar surface area (TPSA) is 66.4 Å². The summed E-state index contributed by atoms with van der Waals surface area (Å²) in [5, 5.41) is 12.3. The molecule has 2 unspecified atom stereocenters. The molecule has 6 heteroatoms. The van der Waals surface area contributed by atoms with Crippen LogP contribution < -0.4 is 5.32 Å². The minimum Gasteiger partial charge on any atom is -0.479 e. The fraction of sp³-hybridized carbons (Fsp3) is 0.500. The quantitative estimate of drug-likeness (QED) is 0.789. The molecule has 22 heavy (non-hydrogen) atoms. The lowest BCUT2D eigenvalue weighted by atomic mass is 9.93. The predicted molar refractivity (Wildman–Crippen MR) is 92.1 cm³/mol. The average molecular weight is 386 g/mol. The molecule has 2 atom stereocenters. The van der Waals surface area contributed by atoms with Crippen molar-refractivity contribution in [2.75, 3.05) is 11.5 Å². The number of carbonyl (C=O) groups is 2. The lowest BCUT2D eigenvalue weighted by Crippen LogP contribution is -2.56. The van der Waals surface area contributed by atoms with Gasteiger partial charge in [0.1, 0.15) is 5.54 Å². The van der Waals surface area contributed by atoms with Crippen molar-refractivity contribution in [3.05, 3.63) is 34.3 Å². The Balaban J connectivity index is 2.07. The minimum absolute atomic E-state index is 0.160. The van der Waals surface area contributed by atoms with E-state index in [4.69, 9.17) is 0 Å². The summed E-state index contributed by atoms with van der Waals surface area (Å²) in [6, 6.07) is 7.86. The van der Waals surface area contributed by atoms with Gasteiger partial charge in [-0.2, -0.15) is 11.8 Å². The summed E-state index contributed by atoms with van der Waals surface area (Å²) in [5.41, 5.74) is -0.0200. The summed E-state index contributed by atoms with van der Waals surface area (Å²) >= 11 is 5.00. The second-order valence-electron chi connectivity index (χ2n) is 5.62. The monoisotopic (exact) mass is 385 g/mol. The first-order valence-corrected chi connectivity index (χ1v) is 9.29. The molecule has 0 saturated carbocycles. The number of nitrogens with one attached hydrogen (secondary N) is 1. The zero-order valence-electron chi connectivity index (χ0n) is 12.5. The van der Waals surface area contributed by atoms with E-state index in [0.717, 1.165) is 15.8 Å². The van der Waals surface area contributed by atoms with E-state index in [-0.39, 0.29) is 11.8 Å². The molecule has 1 saturated heterocycles. The summed E-state index contributed by atoms with van der Waals surface area (Å²) < 4.78 is 0.981. The van der Waals surface area contributed by atoms with Gasteiger partial charge in [0.2, 0.25) is 5.91 Å². The maximum atomic E-state index is 12.5. The van der Waals surface area contributed by atoms with Crippen molar-refractivity contribution < 1.29 is 14.7 Å². The predicted octanol–water partition coefficient (Wildman–Crippen LogP) is 3.09. The molecule has 1 aromatic carbocycles. The highest BCUT2D eigenvalue weighted by Crippen LogP contribution is 2.29. The number of carbonyl (C=O) groups excluding carboxylic acids is 1. The molecule has 4 nitrogen and oxygen atoms in total. The molecule has 1 aromatic rings. The summed E-state index contributed by atoms with van der Waals surface area (Å²) in [4.78, 5) is 24.1. The molecule has 0 bridgehead atoms. The molecule has 1 fully saturated rings. The van der Waals surface area contributed by atoms with E-state index in [1.54, 1.807) is 11.8 Å². The van der Waals surface area contributed by atoms with Gasteiger partial charge in [0, 0.05) is 16.1 Å². The molecule has 0 radical (unpaired) electrons. The average Bonchev–Trinajstić information content (AvgIpc) is 2.94. The van der Waals surface area contributed by atoms with E-state index < -0.39 is 11.5 Å². The fourth-order valence-corrected chi connectivity index (χ4v) is 4.37. The highest BCUT2D eigenvalue weighted by Gasteiger charge is 2.44. The van der Waals surface area contributed by atoms with Gasteiger partial charge < -0.3 is 10.4 Å². The van der Waals surface area contributed by atoms with Crippen LogP contribution in [0.15, 0.2) is 28.7 Å². The van der Waals surface area contributed by atoms with Gasteiger partial charge in [-0.1, -0.05) is 35.0 Å². The Kier molecular flexibility index (Phi) is 5.92. The van der Waals surface area contributed by atoms with Gasteiger partial charge in [0.05, 0.1) is 0 Å². The normalized spacial score (nSPS) is 22.3. The highest BCUT2D eigenvalue weighted by molar-refractivity contribution is 9.10. The van der Waals surface area contributed by atoms with Crippen molar-refractivity contribution in [1.82, 2.24) is 5.32 Å². The number of benzene rings is 1. The molecular weight excluding hydrogens is 366 g/mol. The van der Waals surface area contributed by atoms with E-state index in [1.807, 2.05) is 31.2 Å². The third-order valence-electron chi connectivity index (χ3n) is 4.03. The number of carboxylic acids is 1. The maximum Gasteiger partial charge on any atom is 0.330 e. The van der Waals surface area contributed by atoms with Gasteiger partial charge in [0.25, 0.3) is 0 Å². The van der Waals surface area contributed by atoms with E-state index in [0.29, 0.717) is 25.0 Å². The molecule has 2 N–H and O–H groups in total. The second-order valence-corrected chi connectivity index (χ2v) is 7.64. The van der Waals surface area contributed by atoms with Crippen LogP contribution in [0.2, 0.25) is 0 Å².